The summed E-state index contributed by atoms with van der Waals surface area (Å²) in [7, 11) is 4.04. The molecular formula is C17H20N4O. The van der Waals surface area contributed by atoms with E-state index in [0.29, 0.717) is 0 Å². The lowest BCUT2D eigenvalue weighted by Crippen LogP contribution is -2.26. The van der Waals surface area contributed by atoms with Crippen LogP contribution >= 0.6 is 0 Å². The number of nitrogens with one attached hydrogen (secondary N) is 2. The van der Waals surface area contributed by atoms with Crippen LogP contribution < -0.4 is 20.3 Å². The van der Waals surface area contributed by atoms with Crippen LogP contribution in [0.2, 0.25) is 0 Å². The molecule has 1 heterocycles. The van der Waals surface area contributed by atoms with Gasteiger partial charge in [0.2, 0.25) is 0 Å². The van der Waals surface area contributed by atoms with E-state index in [-0.39, 0.29) is 0 Å². The standard InChI is InChI=1S/C17H20N4O/c1-21(2)13-7-9-14(10-8-13)22-16-6-4-3-5-15(16)20-17-18-11-12-19-17/h3-10H,11-12H2,1-2H3,(H2,18,19,20). The van der Waals surface area contributed by atoms with Gasteiger partial charge in [0.05, 0.1) is 12.2 Å². The van der Waals surface area contributed by atoms with Crippen molar-refractivity contribution in [3.63, 3.8) is 0 Å². The summed E-state index contributed by atoms with van der Waals surface area (Å²) in [5.74, 6) is 2.37. The molecule has 0 saturated carbocycles. The molecule has 0 radical (unpaired) electrons. The Morgan fingerprint density at radius 3 is 2.55 bits per heavy atom. The molecule has 0 saturated heterocycles. The number of hydrogen-bond donors (Lipinski definition) is 2. The molecule has 2 aromatic carbocycles. The lowest BCUT2D eigenvalue weighted by molar-refractivity contribution is 0.485. The summed E-state index contributed by atoms with van der Waals surface area (Å²) in [5, 5.41) is 6.46. The smallest absolute Gasteiger partial charge is 0.196 e. The predicted octanol–water partition coefficient (Wildman–Crippen LogP) is 2.92. The van der Waals surface area contributed by atoms with E-state index in [1.807, 2.05) is 62.6 Å². The van der Waals surface area contributed by atoms with E-state index in [9.17, 15) is 0 Å². The summed E-state index contributed by atoms with van der Waals surface area (Å²) in [6.45, 7) is 1.68. The minimum atomic E-state index is 0.775. The fraction of sp³-hybridized carbons (Fsp3) is 0.235. The quantitative estimate of drug-likeness (QED) is 0.911. The largest absolute Gasteiger partial charge is 0.455 e. The van der Waals surface area contributed by atoms with Gasteiger partial charge in [-0.25, -0.2) is 0 Å². The van der Waals surface area contributed by atoms with Gasteiger partial charge in [0.25, 0.3) is 0 Å². The second-order valence-electron chi connectivity index (χ2n) is 5.27. The molecule has 2 aromatic rings. The third-order valence-electron chi connectivity index (χ3n) is 3.40. The predicted molar refractivity (Wildman–Crippen MR) is 91.2 cm³/mol. The van der Waals surface area contributed by atoms with E-state index in [4.69, 9.17) is 4.74 Å². The Kier molecular flexibility index (Phi) is 4.14. The fourth-order valence-corrected chi connectivity index (χ4v) is 2.21. The highest BCUT2D eigenvalue weighted by molar-refractivity contribution is 5.95. The number of nitrogens with zero attached hydrogens (tertiary/aromatic N) is 2. The van der Waals surface area contributed by atoms with Crippen molar-refractivity contribution in [3.8, 4) is 11.5 Å². The van der Waals surface area contributed by atoms with Crippen molar-refractivity contribution in [2.75, 3.05) is 37.4 Å². The van der Waals surface area contributed by atoms with Crippen LogP contribution in [-0.4, -0.2) is 33.1 Å². The molecule has 22 heavy (non-hydrogen) atoms. The van der Waals surface area contributed by atoms with Gasteiger partial charge in [-0.15, -0.1) is 0 Å². The summed E-state index contributed by atoms with van der Waals surface area (Å²) in [6, 6.07) is 15.9. The third kappa shape index (κ3) is 3.31. The van der Waals surface area contributed by atoms with E-state index in [2.05, 4.69) is 20.5 Å². The first-order valence-electron chi connectivity index (χ1n) is 7.32. The highest BCUT2D eigenvalue weighted by Gasteiger charge is 2.09. The number of anilines is 2. The van der Waals surface area contributed by atoms with E-state index >= 15 is 0 Å². The van der Waals surface area contributed by atoms with Gasteiger partial charge in [-0.2, -0.15) is 0 Å². The maximum Gasteiger partial charge on any atom is 0.196 e. The molecule has 0 aromatic heterocycles. The molecule has 0 aliphatic carbocycles. The second kappa shape index (κ2) is 6.39. The SMILES string of the molecule is CN(C)c1ccc(Oc2ccccc2NC2=NCCN2)cc1. The molecule has 2 N–H and O–H groups in total. The van der Waals surface area contributed by atoms with Crippen LogP contribution in [-0.2, 0) is 0 Å². The normalized spacial score (nSPS) is 13.3. The van der Waals surface area contributed by atoms with Gasteiger partial charge in [0.1, 0.15) is 5.75 Å². The summed E-state index contributed by atoms with van der Waals surface area (Å²) in [5.41, 5.74) is 2.04. The summed E-state index contributed by atoms with van der Waals surface area (Å²) in [4.78, 5) is 6.40. The van der Waals surface area contributed by atoms with Crippen LogP contribution in [0.5, 0.6) is 11.5 Å². The van der Waals surface area contributed by atoms with Crippen molar-refractivity contribution in [2.24, 2.45) is 4.99 Å². The Labute approximate surface area is 130 Å². The third-order valence-corrected chi connectivity index (χ3v) is 3.40. The van der Waals surface area contributed by atoms with Crippen molar-refractivity contribution >= 4 is 17.3 Å². The molecule has 0 bridgehead atoms. The fourth-order valence-electron chi connectivity index (χ4n) is 2.21. The molecule has 3 rings (SSSR count). The lowest BCUT2D eigenvalue weighted by Gasteiger charge is -2.15. The Bertz CT molecular complexity index is 665. The molecule has 0 spiro atoms. The van der Waals surface area contributed by atoms with Gasteiger partial charge in [0, 0.05) is 26.3 Å². The van der Waals surface area contributed by atoms with Crippen LogP contribution in [0.1, 0.15) is 0 Å². The zero-order chi connectivity index (χ0) is 15.4. The zero-order valence-electron chi connectivity index (χ0n) is 12.8. The molecule has 1 aliphatic rings. The lowest BCUT2D eigenvalue weighted by atomic mass is 10.2. The zero-order valence-corrected chi connectivity index (χ0v) is 12.8. The summed E-state index contributed by atoms with van der Waals surface area (Å²) < 4.78 is 5.99. The summed E-state index contributed by atoms with van der Waals surface area (Å²) >= 11 is 0. The molecule has 1 aliphatic heterocycles. The van der Waals surface area contributed by atoms with Crippen LogP contribution in [0.15, 0.2) is 53.5 Å². The van der Waals surface area contributed by atoms with Crippen molar-refractivity contribution in [1.29, 1.82) is 0 Å². The Morgan fingerprint density at radius 2 is 1.86 bits per heavy atom. The highest BCUT2D eigenvalue weighted by Crippen LogP contribution is 2.30. The number of guanidine groups is 1. The van der Waals surface area contributed by atoms with E-state index < -0.39 is 0 Å². The summed E-state index contributed by atoms with van der Waals surface area (Å²) in [6.07, 6.45) is 0. The van der Waals surface area contributed by atoms with Crippen molar-refractivity contribution in [1.82, 2.24) is 5.32 Å². The molecule has 114 valence electrons. The highest BCUT2D eigenvalue weighted by atomic mass is 16.5. The maximum absolute atomic E-state index is 5.99. The first-order chi connectivity index (χ1) is 10.7. The Morgan fingerprint density at radius 1 is 1.09 bits per heavy atom. The van der Waals surface area contributed by atoms with Crippen LogP contribution in [0, 0.1) is 0 Å². The maximum atomic E-state index is 5.99. The minimum Gasteiger partial charge on any atom is -0.455 e. The van der Waals surface area contributed by atoms with Crippen molar-refractivity contribution in [2.45, 2.75) is 0 Å². The molecule has 0 unspecified atom stereocenters. The minimum absolute atomic E-state index is 0.775. The average Bonchev–Trinajstić information content (AvgIpc) is 3.03. The molecular weight excluding hydrogens is 276 g/mol. The number of ether oxygens (including phenoxy) is 1. The van der Waals surface area contributed by atoms with Crippen LogP contribution in [0.4, 0.5) is 11.4 Å². The molecule has 5 heteroatoms. The van der Waals surface area contributed by atoms with Gasteiger partial charge in [0.15, 0.2) is 11.7 Å². The number of rotatable bonds is 4. The molecule has 5 nitrogen and oxygen atoms in total. The van der Waals surface area contributed by atoms with E-state index in [1.54, 1.807) is 0 Å². The van der Waals surface area contributed by atoms with Gasteiger partial charge in [-0.3, -0.25) is 4.99 Å². The molecule has 0 amide bonds. The Balaban J connectivity index is 1.76. The molecule has 0 fully saturated rings. The first-order valence-corrected chi connectivity index (χ1v) is 7.32. The topological polar surface area (TPSA) is 48.9 Å². The van der Waals surface area contributed by atoms with Gasteiger partial charge in [-0.05, 0) is 36.4 Å². The number of para-hydroxylation sites is 2. The average molecular weight is 296 g/mol. The van der Waals surface area contributed by atoms with Gasteiger partial charge >= 0.3 is 0 Å². The van der Waals surface area contributed by atoms with Gasteiger partial charge < -0.3 is 20.3 Å². The van der Waals surface area contributed by atoms with Gasteiger partial charge in [-0.1, -0.05) is 12.1 Å². The van der Waals surface area contributed by atoms with E-state index in [1.165, 1.54) is 0 Å². The Hall–Kier alpha value is -2.69. The van der Waals surface area contributed by atoms with Crippen LogP contribution in [0.3, 0.4) is 0 Å². The van der Waals surface area contributed by atoms with Crippen molar-refractivity contribution in [3.05, 3.63) is 48.5 Å². The van der Waals surface area contributed by atoms with Crippen LogP contribution in [0.25, 0.3) is 0 Å². The monoisotopic (exact) mass is 296 g/mol. The van der Waals surface area contributed by atoms with E-state index in [0.717, 1.165) is 41.9 Å². The number of benzene rings is 2. The number of hydrogen-bond acceptors (Lipinski definition) is 5. The number of aliphatic imine (C=N–C) groups is 1. The van der Waals surface area contributed by atoms with Crippen molar-refractivity contribution < 1.29 is 4.74 Å². The molecule has 0 atom stereocenters. The first kappa shape index (κ1) is 14.3. The second-order valence-corrected chi connectivity index (χ2v) is 5.27.